The van der Waals surface area contributed by atoms with E-state index in [1.54, 1.807) is 26.0 Å². The molecule has 0 aliphatic heterocycles. The molecule has 0 saturated carbocycles. The third-order valence-corrected chi connectivity index (χ3v) is 8.97. The molecule has 0 aliphatic carbocycles. The zero-order valence-corrected chi connectivity index (χ0v) is 24.2. The predicted octanol–water partition coefficient (Wildman–Crippen LogP) is 4.27. The van der Waals surface area contributed by atoms with Gasteiger partial charge in [-0.3, -0.25) is 9.10 Å². The van der Waals surface area contributed by atoms with Crippen molar-refractivity contribution < 1.29 is 31.1 Å². The van der Waals surface area contributed by atoms with Crippen LogP contribution >= 0.6 is 11.6 Å². The van der Waals surface area contributed by atoms with Gasteiger partial charge >= 0.3 is 0 Å². The van der Waals surface area contributed by atoms with Gasteiger partial charge in [-0.05, 0) is 87.5 Å². The number of nitrogens with zero attached hydrogens (tertiary/aromatic N) is 1. The maximum atomic E-state index is 13.6. The number of methoxy groups -OCH3 is 1. The van der Waals surface area contributed by atoms with Crippen LogP contribution in [0.15, 0.2) is 76.5 Å². The van der Waals surface area contributed by atoms with Crippen molar-refractivity contribution in [1.29, 1.82) is 0 Å². The minimum atomic E-state index is -4.21. The smallest absolute Gasteiger partial charge is 0.264 e. The lowest BCUT2D eigenvalue weighted by Gasteiger charge is -2.24. The SMILES string of the molecule is CCOc1ccc(N(CC(=O)Nc2cc(S(=O)(=O)NC(C)C)ccc2OC)S(=O)(=O)c2ccc(Cl)cc2)cc1. The molecule has 3 rings (SSSR count). The molecule has 3 aromatic rings. The fourth-order valence-electron chi connectivity index (χ4n) is 3.57. The largest absolute Gasteiger partial charge is 0.495 e. The number of sulfonamides is 2. The minimum absolute atomic E-state index is 0.0599. The molecule has 0 fully saturated rings. The highest BCUT2D eigenvalue weighted by Crippen LogP contribution is 2.29. The van der Waals surface area contributed by atoms with E-state index in [1.165, 1.54) is 61.7 Å². The van der Waals surface area contributed by atoms with Gasteiger partial charge in [0.05, 0.1) is 34.9 Å². The van der Waals surface area contributed by atoms with Crippen molar-refractivity contribution in [2.24, 2.45) is 0 Å². The van der Waals surface area contributed by atoms with Crippen LogP contribution in [0.5, 0.6) is 11.5 Å². The number of ether oxygens (including phenoxy) is 2. The summed E-state index contributed by atoms with van der Waals surface area (Å²) in [5.41, 5.74) is 0.276. The summed E-state index contributed by atoms with van der Waals surface area (Å²) in [6.45, 7) is 4.99. The Kier molecular flexibility index (Phi) is 9.83. The molecule has 0 unspecified atom stereocenters. The van der Waals surface area contributed by atoms with Gasteiger partial charge in [0, 0.05) is 11.1 Å². The van der Waals surface area contributed by atoms with Gasteiger partial charge in [0.15, 0.2) is 0 Å². The van der Waals surface area contributed by atoms with Crippen LogP contribution in [0.2, 0.25) is 5.02 Å². The first-order valence-electron chi connectivity index (χ1n) is 11.9. The summed E-state index contributed by atoms with van der Waals surface area (Å²) < 4.78 is 66.7. The van der Waals surface area contributed by atoms with Crippen LogP contribution < -0.4 is 23.8 Å². The van der Waals surface area contributed by atoms with Gasteiger partial charge in [-0.2, -0.15) is 0 Å². The van der Waals surface area contributed by atoms with Gasteiger partial charge in [-0.15, -0.1) is 0 Å². The van der Waals surface area contributed by atoms with Crippen LogP contribution in [0.25, 0.3) is 0 Å². The number of nitrogens with one attached hydrogen (secondary N) is 2. The lowest BCUT2D eigenvalue weighted by Crippen LogP contribution is -2.38. The molecule has 0 aromatic heterocycles. The molecule has 210 valence electrons. The van der Waals surface area contributed by atoms with Gasteiger partial charge in [0.25, 0.3) is 10.0 Å². The number of hydrogen-bond donors (Lipinski definition) is 2. The van der Waals surface area contributed by atoms with Crippen molar-refractivity contribution in [3.05, 3.63) is 71.8 Å². The first-order valence-corrected chi connectivity index (χ1v) is 15.2. The number of hydrogen-bond acceptors (Lipinski definition) is 7. The van der Waals surface area contributed by atoms with Crippen LogP contribution in [0.1, 0.15) is 20.8 Å². The van der Waals surface area contributed by atoms with Gasteiger partial charge in [-0.25, -0.2) is 21.6 Å². The fourth-order valence-corrected chi connectivity index (χ4v) is 6.40. The monoisotopic (exact) mass is 595 g/mol. The summed E-state index contributed by atoms with van der Waals surface area (Å²) in [6.07, 6.45) is 0. The third kappa shape index (κ3) is 7.63. The summed E-state index contributed by atoms with van der Waals surface area (Å²) in [7, 11) is -6.71. The molecule has 2 N–H and O–H groups in total. The lowest BCUT2D eigenvalue weighted by atomic mass is 10.2. The van der Waals surface area contributed by atoms with Crippen molar-refractivity contribution in [2.75, 3.05) is 29.9 Å². The number of carbonyl (C=O) groups excluding carboxylic acids is 1. The molecule has 3 aromatic carbocycles. The van der Waals surface area contributed by atoms with E-state index in [1.807, 2.05) is 6.92 Å². The molecule has 10 nitrogen and oxygen atoms in total. The summed E-state index contributed by atoms with van der Waals surface area (Å²) in [6, 6.07) is 15.4. The molecule has 0 aliphatic rings. The number of carbonyl (C=O) groups is 1. The molecule has 0 radical (unpaired) electrons. The Bertz CT molecular complexity index is 1510. The summed E-state index contributed by atoms with van der Waals surface area (Å²) in [4.78, 5) is 13.1. The van der Waals surface area contributed by atoms with Crippen molar-refractivity contribution in [1.82, 2.24) is 4.72 Å². The maximum absolute atomic E-state index is 13.6. The molecule has 0 heterocycles. The quantitative estimate of drug-likeness (QED) is 0.320. The van der Waals surface area contributed by atoms with Gasteiger partial charge < -0.3 is 14.8 Å². The van der Waals surface area contributed by atoms with E-state index < -0.39 is 32.5 Å². The summed E-state index contributed by atoms with van der Waals surface area (Å²) in [5, 5.41) is 2.94. The average Bonchev–Trinajstić information content (AvgIpc) is 2.87. The molecule has 13 heteroatoms. The Morgan fingerprint density at radius 2 is 1.56 bits per heavy atom. The number of amides is 1. The van der Waals surface area contributed by atoms with Gasteiger partial charge in [-0.1, -0.05) is 11.6 Å². The van der Waals surface area contributed by atoms with E-state index in [2.05, 4.69) is 10.0 Å². The van der Waals surface area contributed by atoms with Crippen LogP contribution in [0.3, 0.4) is 0 Å². The van der Waals surface area contributed by atoms with E-state index in [0.29, 0.717) is 17.4 Å². The highest BCUT2D eigenvalue weighted by Gasteiger charge is 2.28. The van der Waals surface area contributed by atoms with E-state index in [4.69, 9.17) is 21.1 Å². The van der Waals surface area contributed by atoms with Gasteiger partial charge in [0.2, 0.25) is 15.9 Å². The first kappa shape index (κ1) is 30.2. The second-order valence-corrected chi connectivity index (χ2v) is 12.6. The van der Waals surface area contributed by atoms with Gasteiger partial charge in [0.1, 0.15) is 18.0 Å². The Morgan fingerprint density at radius 3 is 2.13 bits per heavy atom. The molecule has 0 bridgehead atoms. The van der Waals surface area contributed by atoms with E-state index >= 15 is 0 Å². The molecule has 1 amide bonds. The average molecular weight is 596 g/mol. The minimum Gasteiger partial charge on any atom is -0.495 e. The zero-order chi connectivity index (χ0) is 28.8. The Hall–Kier alpha value is -3.32. The molecule has 0 saturated heterocycles. The maximum Gasteiger partial charge on any atom is 0.264 e. The number of halogens is 1. The molecular formula is C26H30ClN3O7S2. The van der Waals surface area contributed by atoms with Crippen LogP contribution in [-0.2, 0) is 24.8 Å². The van der Waals surface area contributed by atoms with Crippen molar-refractivity contribution in [3.8, 4) is 11.5 Å². The lowest BCUT2D eigenvalue weighted by molar-refractivity contribution is -0.114. The number of benzene rings is 3. The Morgan fingerprint density at radius 1 is 0.949 bits per heavy atom. The summed E-state index contributed by atoms with van der Waals surface area (Å²) in [5.74, 6) is -0.00146. The van der Waals surface area contributed by atoms with Crippen LogP contribution in [0.4, 0.5) is 11.4 Å². The predicted molar refractivity (Wildman–Crippen MR) is 151 cm³/mol. The van der Waals surface area contributed by atoms with E-state index in [9.17, 15) is 21.6 Å². The van der Waals surface area contributed by atoms with Crippen LogP contribution in [0, 0.1) is 0 Å². The van der Waals surface area contributed by atoms with Crippen molar-refractivity contribution in [2.45, 2.75) is 36.6 Å². The Labute approximate surface area is 234 Å². The number of anilines is 2. The molecule has 0 spiro atoms. The normalized spacial score (nSPS) is 11.7. The fraction of sp³-hybridized carbons (Fsp3) is 0.269. The topological polar surface area (TPSA) is 131 Å². The number of rotatable bonds is 12. The second-order valence-electron chi connectivity index (χ2n) is 8.58. The highest BCUT2D eigenvalue weighted by molar-refractivity contribution is 7.92. The highest BCUT2D eigenvalue weighted by atomic mass is 35.5. The Balaban J connectivity index is 1.97. The third-order valence-electron chi connectivity index (χ3n) is 5.27. The van der Waals surface area contributed by atoms with E-state index in [-0.39, 0.29) is 33.0 Å². The van der Waals surface area contributed by atoms with Crippen molar-refractivity contribution in [3.63, 3.8) is 0 Å². The van der Waals surface area contributed by atoms with Crippen molar-refractivity contribution >= 4 is 48.9 Å². The zero-order valence-electron chi connectivity index (χ0n) is 21.8. The first-order chi connectivity index (χ1) is 18.4. The molecular weight excluding hydrogens is 566 g/mol. The molecule has 0 atom stereocenters. The standard InChI is InChI=1S/C26H30ClN3O7S2/c1-5-37-21-10-8-20(9-11-21)30(39(34,35)22-12-6-19(27)7-13-22)17-26(31)28-24-16-23(14-15-25(24)36-4)38(32,33)29-18(2)3/h6-16,18,29H,5,17H2,1-4H3,(H,28,31). The molecule has 39 heavy (non-hydrogen) atoms. The van der Waals surface area contributed by atoms with Crippen LogP contribution in [-0.4, -0.2) is 49.0 Å². The van der Waals surface area contributed by atoms with E-state index in [0.717, 1.165) is 4.31 Å². The summed E-state index contributed by atoms with van der Waals surface area (Å²) >= 11 is 5.94. The second kappa shape index (κ2) is 12.7.